The predicted octanol–water partition coefficient (Wildman–Crippen LogP) is 1.28. The number of H-pyrrole nitrogens is 1. The van der Waals surface area contributed by atoms with E-state index in [4.69, 9.17) is 22.1 Å². The first-order valence-electron chi connectivity index (χ1n) is 6.59. The number of nitrogens with one attached hydrogen (secondary N) is 1. The zero-order valence-electron chi connectivity index (χ0n) is 11.6. The molecule has 110 valence electrons. The van der Waals surface area contributed by atoms with Crippen molar-refractivity contribution in [1.82, 2.24) is 14.1 Å². The lowest BCUT2D eigenvalue weighted by Gasteiger charge is -2.11. The molecule has 0 radical (unpaired) electrons. The molecule has 0 aromatic carbocycles. The molecular formula is C13H19N3O3S. The fourth-order valence-corrected chi connectivity index (χ4v) is 2.44. The van der Waals surface area contributed by atoms with Crippen molar-refractivity contribution in [1.29, 1.82) is 0 Å². The van der Waals surface area contributed by atoms with Crippen LogP contribution in [-0.2, 0) is 17.8 Å². The van der Waals surface area contributed by atoms with E-state index < -0.39 is 0 Å². The molecule has 0 bridgehead atoms. The van der Waals surface area contributed by atoms with Crippen molar-refractivity contribution in [2.45, 2.75) is 33.0 Å². The third-order valence-electron chi connectivity index (χ3n) is 3.02. The maximum absolute atomic E-state index is 12.0. The smallest absolute Gasteiger partial charge is 0.276 e. The van der Waals surface area contributed by atoms with Crippen LogP contribution < -0.4 is 5.56 Å². The molecule has 0 aliphatic rings. The lowest BCUT2D eigenvalue weighted by atomic mass is 10.4. The van der Waals surface area contributed by atoms with Crippen LogP contribution in [0.5, 0.6) is 0 Å². The van der Waals surface area contributed by atoms with Gasteiger partial charge >= 0.3 is 0 Å². The molecule has 0 saturated carbocycles. The average molecular weight is 297 g/mol. The number of aromatic nitrogens is 3. The van der Waals surface area contributed by atoms with E-state index in [1.54, 1.807) is 10.8 Å². The summed E-state index contributed by atoms with van der Waals surface area (Å²) in [5, 5.41) is 9.03. The highest BCUT2D eigenvalue weighted by Gasteiger charge is 2.10. The largest absolute Gasteiger partial charge is 0.395 e. The van der Waals surface area contributed by atoms with Crippen LogP contribution in [0.4, 0.5) is 0 Å². The van der Waals surface area contributed by atoms with Crippen molar-refractivity contribution in [3.05, 3.63) is 27.4 Å². The number of nitrogens with zero attached hydrogens (tertiary/aromatic N) is 2. The second kappa shape index (κ2) is 6.34. The standard InChI is InChI=1S/C13H19N3O3S/c1-9(2)19-8-6-16-10-3-4-15(5-7-17)11(10)12(18)14-13(16)20/h3-4,9,17H,5-8H2,1-2H3,(H,14,18,20). The van der Waals surface area contributed by atoms with Crippen molar-refractivity contribution in [2.24, 2.45) is 0 Å². The summed E-state index contributed by atoms with van der Waals surface area (Å²) in [5.41, 5.74) is 1.06. The van der Waals surface area contributed by atoms with Crippen molar-refractivity contribution >= 4 is 23.3 Å². The van der Waals surface area contributed by atoms with Gasteiger partial charge in [-0.05, 0) is 32.1 Å². The molecule has 0 aliphatic heterocycles. The zero-order chi connectivity index (χ0) is 14.7. The van der Waals surface area contributed by atoms with Gasteiger partial charge in [0, 0.05) is 19.3 Å². The van der Waals surface area contributed by atoms with Gasteiger partial charge in [0.05, 0.1) is 24.8 Å². The molecule has 0 atom stereocenters. The second-order valence-corrected chi connectivity index (χ2v) is 5.18. The van der Waals surface area contributed by atoms with Gasteiger partial charge < -0.3 is 19.0 Å². The first-order valence-corrected chi connectivity index (χ1v) is 7.00. The fourth-order valence-electron chi connectivity index (χ4n) is 2.15. The first kappa shape index (κ1) is 15.0. The van der Waals surface area contributed by atoms with Crippen LogP contribution in [0, 0.1) is 4.77 Å². The van der Waals surface area contributed by atoms with E-state index >= 15 is 0 Å². The summed E-state index contributed by atoms with van der Waals surface area (Å²) in [6.07, 6.45) is 1.94. The summed E-state index contributed by atoms with van der Waals surface area (Å²) in [4.78, 5) is 14.7. The first-order chi connectivity index (χ1) is 9.54. The summed E-state index contributed by atoms with van der Waals surface area (Å²) >= 11 is 5.21. The van der Waals surface area contributed by atoms with E-state index in [-0.39, 0.29) is 18.3 Å². The van der Waals surface area contributed by atoms with Crippen molar-refractivity contribution in [2.75, 3.05) is 13.2 Å². The molecule has 0 saturated heterocycles. The molecule has 0 fully saturated rings. The minimum atomic E-state index is -0.232. The van der Waals surface area contributed by atoms with Gasteiger partial charge in [0.15, 0.2) is 4.77 Å². The molecule has 0 amide bonds. The van der Waals surface area contributed by atoms with Crippen molar-refractivity contribution in [3.63, 3.8) is 0 Å². The molecule has 2 aromatic rings. The molecule has 2 rings (SSSR count). The molecule has 0 spiro atoms. The predicted molar refractivity (Wildman–Crippen MR) is 79.6 cm³/mol. The van der Waals surface area contributed by atoms with Crippen LogP contribution >= 0.6 is 12.2 Å². The maximum Gasteiger partial charge on any atom is 0.276 e. The van der Waals surface area contributed by atoms with Gasteiger partial charge in [0.2, 0.25) is 0 Å². The van der Waals surface area contributed by atoms with Crippen LogP contribution in [-0.4, -0.2) is 38.5 Å². The Kier molecular flexibility index (Phi) is 4.74. The third-order valence-corrected chi connectivity index (χ3v) is 3.34. The summed E-state index contributed by atoms with van der Waals surface area (Å²) in [7, 11) is 0. The molecule has 2 N–H and O–H groups in total. The minimum absolute atomic E-state index is 0.0185. The highest BCUT2D eigenvalue weighted by atomic mass is 32.1. The number of aromatic amines is 1. The summed E-state index contributed by atoms with van der Waals surface area (Å²) in [6.45, 7) is 5.41. The number of rotatable bonds is 6. The normalized spacial score (nSPS) is 11.6. The van der Waals surface area contributed by atoms with E-state index in [2.05, 4.69) is 4.98 Å². The molecule has 7 heteroatoms. The SMILES string of the molecule is CC(C)OCCn1c(=S)[nH]c(=O)c2c1ccn2CCO. The minimum Gasteiger partial charge on any atom is -0.395 e. The van der Waals surface area contributed by atoms with Crippen LogP contribution in [0.15, 0.2) is 17.1 Å². The van der Waals surface area contributed by atoms with Gasteiger partial charge in [-0.25, -0.2) is 0 Å². The molecule has 0 aliphatic carbocycles. The Morgan fingerprint density at radius 1 is 1.45 bits per heavy atom. The number of aliphatic hydroxyl groups excluding tert-OH is 1. The molecule has 0 unspecified atom stereocenters. The summed E-state index contributed by atoms with van der Waals surface area (Å²) in [5.74, 6) is 0. The summed E-state index contributed by atoms with van der Waals surface area (Å²) in [6, 6.07) is 1.84. The number of ether oxygens (including phenoxy) is 1. The molecule has 20 heavy (non-hydrogen) atoms. The van der Waals surface area contributed by atoms with E-state index in [1.807, 2.05) is 24.5 Å². The van der Waals surface area contributed by atoms with Crippen LogP contribution in [0.2, 0.25) is 0 Å². The lowest BCUT2D eigenvalue weighted by Crippen LogP contribution is -2.19. The van der Waals surface area contributed by atoms with Crippen molar-refractivity contribution in [3.8, 4) is 0 Å². The van der Waals surface area contributed by atoms with Gasteiger partial charge in [-0.2, -0.15) is 0 Å². The Bertz CT molecular complexity index is 699. The van der Waals surface area contributed by atoms with Crippen LogP contribution in [0.1, 0.15) is 13.8 Å². The molecule has 2 heterocycles. The van der Waals surface area contributed by atoms with E-state index in [1.165, 1.54) is 0 Å². The lowest BCUT2D eigenvalue weighted by molar-refractivity contribution is 0.0729. The second-order valence-electron chi connectivity index (χ2n) is 4.80. The third kappa shape index (κ3) is 3.00. The quantitative estimate of drug-likeness (QED) is 0.788. The zero-order valence-corrected chi connectivity index (χ0v) is 12.4. The number of fused-ring (bicyclic) bond motifs is 1. The topological polar surface area (TPSA) is 72.2 Å². The van der Waals surface area contributed by atoms with Gasteiger partial charge in [-0.3, -0.25) is 9.78 Å². The van der Waals surface area contributed by atoms with E-state index in [9.17, 15) is 4.79 Å². The monoisotopic (exact) mass is 297 g/mol. The molecule has 6 nitrogen and oxygen atoms in total. The Morgan fingerprint density at radius 2 is 2.20 bits per heavy atom. The van der Waals surface area contributed by atoms with Gasteiger partial charge in [-0.15, -0.1) is 0 Å². The van der Waals surface area contributed by atoms with Crippen molar-refractivity contribution < 1.29 is 9.84 Å². The Hall–Kier alpha value is -1.44. The van der Waals surface area contributed by atoms with E-state index in [0.29, 0.717) is 30.0 Å². The van der Waals surface area contributed by atoms with Crippen LogP contribution in [0.25, 0.3) is 11.0 Å². The Morgan fingerprint density at radius 3 is 2.85 bits per heavy atom. The Labute approximate surface area is 121 Å². The van der Waals surface area contributed by atoms with Gasteiger partial charge in [0.25, 0.3) is 5.56 Å². The Balaban J connectivity index is 2.44. The highest BCUT2D eigenvalue weighted by molar-refractivity contribution is 7.71. The fraction of sp³-hybridized carbons (Fsp3) is 0.538. The van der Waals surface area contributed by atoms with Crippen LogP contribution in [0.3, 0.4) is 0 Å². The average Bonchev–Trinajstić information content (AvgIpc) is 2.77. The summed E-state index contributed by atoms with van der Waals surface area (Å²) < 4.78 is 9.49. The molecular weight excluding hydrogens is 278 g/mol. The molecule has 2 aromatic heterocycles. The van der Waals surface area contributed by atoms with E-state index in [0.717, 1.165) is 5.52 Å². The van der Waals surface area contributed by atoms with Gasteiger partial charge in [-0.1, -0.05) is 0 Å². The maximum atomic E-state index is 12.0. The number of hydrogen-bond acceptors (Lipinski definition) is 4. The van der Waals surface area contributed by atoms with Gasteiger partial charge in [0.1, 0.15) is 5.52 Å². The number of hydrogen-bond donors (Lipinski definition) is 2. The number of aliphatic hydroxyl groups is 1. The highest BCUT2D eigenvalue weighted by Crippen LogP contribution is 2.12.